The Balaban J connectivity index is 1.94. The van der Waals surface area contributed by atoms with E-state index in [0.717, 1.165) is 17.0 Å². The number of ether oxygens (including phenoxy) is 1. The molecular formula is C22H21NO2. The molecule has 0 aliphatic carbocycles. The Morgan fingerprint density at radius 2 is 1.76 bits per heavy atom. The van der Waals surface area contributed by atoms with Gasteiger partial charge in [0.05, 0.1) is 6.10 Å². The second-order valence-electron chi connectivity index (χ2n) is 6.76. The zero-order valence-electron chi connectivity index (χ0n) is 14.5. The Morgan fingerprint density at radius 1 is 1.00 bits per heavy atom. The van der Waals surface area contributed by atoms with E-state index in [1.807, 2.05) is 50.2 Å². The first-order valence-electron chi connectivity index (χ1n) is 8.70. The maximum Gasteiger partial charge on any atom is 0.225 e. The molecule has 1 atom stereocenters. The fourth-order valence-electron chi connectivity index (χ4n) is 3.66. The smallest absolute Gasteiger partial charge is 0.225 e. The van der Waals surface area contributed by atoms with Gasteiger partial charge in [0.2, 0.25) is 5.91 Å². The molecule has 0 aromatic heterocycles. The van der Waals surface area contributed by atoms with Gasteiger partial charge in [0.1, 0.15) is 5.75 Å². The van der Waals surface area contributed by atoms with Crippen LogP contribution in [0.1, 0.15) is 37.3 Å². The highest BCUT2D eigenvalue weighted by Crippen LogP contribution is 2.44. The second kappa shape index (κ2) is 6.25. The summed E-state index contributed by atoms with van der Waals surface area (Å²) in [5, 5.41) is 5.40. The van der Waals surface area contributed by atoms with Gasteiger partial charge in [0, 0.05) is 23.6 Å². The Kier molecular flexibility index (Phi) is 3.92. The molecule has 1 heterocycles. The standard InChI is InChI=1S/C22H21NO2/c1-14(2)25-20-10-6-5-9-17(20)18-13-21(24)23-19-12-11-15-7-3-4-8-16(15)22(18)19/h3-12,14,18H,13H2,1-2H3,(H,23,24)/t18-/m0/s1. The predicted molar refractivity (Wildman–Crippen MR) is 101 cm³/mol. The zero-order valence-corrected chi connectivity index (χ0v) is 14.5. The molecule has 0 unspecified atom stereocenters. The van der Waals surface area contributed by atoms with Crippen LogP contribution < -0.4 is 10.1 Å². The monoisotopic (exact) mass is 331 g/mol. The van der Waals surface area contributed by atoms with Gasteiger partial charge in [-0.25, -0.2) is 0 Å². The summed E-state index contributed by atoms with van der Waals surface area (Å²) in [6.45, 7) is 4.04. The molecule has 3 nitrogen and oxygen atoms in total. The third-order valence-electron chi connectivity index (χ3n) is 4.64. The number of nitrogens with one attached hydrogen (secondary N) is 1. The Bertz CT molecular complexity index is 946. The van der Waals surface area contributed by atoms with Crippen LogP contribution in [0.3, 0.4) is 0 Å². The van der Waals surface area contributed by atoms with E-state index in [-0.39, 0.29) is 17.9 Å². The lowest BCUT2D eigenvalue weighted by Gasteiger charge is -2.29. The predicted octanol–water partition coefficient (Wildman–Crippen LogP) is 5.10. The number of para-hydroxylation sites is 1. The second-order valence-corrected chi connectivity index (χ2v) is 6.76. The number of hydrogen-bond acceptors (Lipinski definition) is 2. The zero-order chi connectivity index (χ0) is 17.4. The van der Waals surface area contributed by atoms with Gasteiger partial charge < -0.3 is 10.1 Å². The quantitative estimate of drug-likeness (QED) is 0.725. The van der Waals surface area contributed by atoms with Crippen molar-refractivity contribution in [3.63, 3.8) is 0 Å². The van der Waals surface area contributed by atoms with Crippen LogP contribution in [0.4, 0.5) is 5.69 Å². The topological polar surface area (TPSA) is 38.3 Å². The average molecular weight is 331 g/mol. The van der Waals surface area contributed by atoms with E-state index in [0.29, 0.717) is 6.42 Å². The first-order chi connectivity index (χ1) is 12.1. The van der Waals surface area contributed by atoms with Crippen LogP contribution in [-0.4, -0.2) is 12.0 Å². The minimum absolute atomic E-state index is 0.00944. The van der Waals surface area contributed by atoms with Crippen molar-refractivity contribution in [1.29, 1.82) is 0 Å². The molecule has 1 N–H and O–H groups in total. The van der Waals surface area contributed by atoms with E-state index >= 15 is 0 Å². The molecule has 3 aromatic rings. The SMILES string of the molecule is CC(C)Oc1ccccc1[C@@H]1CC(=O)Nc2ccc3ccccc3c21. The molecule has 0 spiro atoms. The number of carbonyl (C=O) groups is 1. The van der Waals surface area contributed by atoms with E-state index in [1.54, 1.807) is 0 Å². The van der Waals surface area contributed by atoms with Gasteiger partial charge in [-0.1, -0.05) is 48.5 Å². The fraction of sp³-hybridized carbons (Fsp3) is 0.227. The van der Waals surface area contributed by atoms with Crippen LogP contribution in [0.2, 0.25) is 0 Å². The van der Waals surface area contributed by atoms with Crippen LogP contribution in [-0.2, 0) is 4.79 Å². The average Bonchev–Trinajstić information content (AvgIpc) is 2.60. The lowest BCUT2D eigenvalue weighted by molar-refractivity contribution is -0.116. The molecule has 3 aromatic carbocycles. The van der Waals surface area contributed by atoms with Crippen LogP contribution in [0.25, 0.3) is 10.8 Å². The van der Waals surface area contributed by atoms with Crippen molar-refractivity contribution in [1.82, 2.24) is 0 Å². The van der Waals surface area contributed by atoms with Gasteiger partial charge in [0.15, 0.2) is 0 Å². The summed E-state index contributed by atoms with van der Waals surface area (Å²) in [4.78, 5) is 12.3. The van der Waals surface area contributed by atoms with Crippen LogP contribution in [0.5, 0.6) is 5.75 Å². The number of hydrogen-bond donors (Lipinski definition) is 1. The van der Waals surface area contributed by atoms with Crippen molar-refractivity contribution >= 4 is 22.4 Å². The molecule has 1 amide bonds. The highest BCUT2D eigenvalue weighted by atomic mass is 16.5. The number of carbonyl (C=O) groups excluding carboxylic acids is 1. The molecule has 0 saturated carbocycles. The molecule has 0 bridgehead atoms. The van der Waals surface area contributed by atoms with Crippen molar-refractivity contribution in [2.45, 2.75) is 32.3 Å². The fourth-order valence-corrected chi connectivity index (χ4v) is 3.66. The van der Waals surface area contributed by atoms with E-state index in [9.17, 15) is 4.79 Å². The summed E-state index contributed by atoms with van der Waals surface area (Å²) < 4.78 is 6.03. The van der Waals surface area contributed by atoms with Gasteiger partial charge in [-0.15, -0.1) is 0 Å². The highest BCUT2D eigenvalue weighted by Gasteiger charge is 2.30. The normalized spacial score (nSPS) is 16.6. The molecule has 1 aliphatic rings. The molecule has 0 fully saturated rings. The number of amides is 1. The van der Waals surface area contributed by atoms with E-state index in [1.165, 1.54) is 16.3 Å². The van der Waals surface area contributed by atoms with Gasteiger partial charge in [0.25, 0.3) is 0 Å². The van der Waals surface area contributed by atoms with Gasteiger partial charge in [-0.2, -0.15) is 0 Å². The van der Waals surface area contributed by atoms with Gasteiger partial charge >= 0.3 is 0 Å². The van der Waals surface area contributed by atoms with E-state index in [2.05, 4.69) is 29.6 Å². The van der Waals surface area contributed by atoms with Gasteiger partial charge in [-0.3, -0.25) is 4.79 Å². The molecule has 25 heavy (non-hydrogen) atoms. The van der Waals surface area contributed by atoms with Crippen molar-refractivity contribution in [3.8, 4) is 5.75 Å². The van der Waals surface area contributed by atoms with Gasteiger partial charge in [-0.05, 0) is 42.3 Å². The van der Waals surface area contributed by atoms with Crippen molar-refractivity contribution in [2.75, 3.05) is 5.32 Å². The Morgan fingerprint density at radius 3 is 2.60 bits per heavy atom. The number of benzene rings is 3. The van der Waals surface area contributed by atoms with E-state index < -0.39 is 0 Å². The lowest BCUT2D eigenvalue weighted by Crippen LogP contribution is -2.24. The third-order valence-corrected chi connectivity index (χ3v) is 4.64. The molecule has 0 saturated heterocycles. The molecule has 1 aliphatic heterocycles. The van der Waals surface area contributed by atoms with Crippen molar-refractivity contribution in [2.24, 2.45) is 0 Å². The lowest BCUT2D eigenvalue weighted by atomic mass is 9.81. The minimum Gasteiger partial charge on any atom is -0.491 e. The molecule has 126 valence electrons. The van der Waals surface area contributed by atoms with Crippen molar-refractivity contribution < 1.29 is 9.53 Å². The summed E-state index contributed by atoms with van der Waals surface area (Å²) in [6, 6.07) is 20.5. The molecule has 4 rings (SSSR count). The molecule has 0 radical (unpaired) electrons. The summed E-state index contributed by atoms with van der Waals surface area (Å²) >= 11 is 0. The van der Waals surface area contributed by atoms with Crippen molar-refractivity contribution in [3.05, 3.63) is 71.8 Å². The maximum absolute atomic E-state index is 12.3. The third kappa shape index (κ3) is 2.86. The first-order valence-corrected chi connectivity index (χ1v) is 8.70. The van der Waals surface area contributed by atoms with Crippen LogP contribution in [0, 0.1) is 0 Å². The van der Waals surface area contributed by atoms with E-state index in [4.69, 9.17) is 4.74 Å². The largest absolute Gasteiger partial charge is 0.491 e. The Hall–Kier alpha value is -2.81. The molecule has 3 heteroatoms. The summed E-state index contributed by atoms with van der Waals surface area (Å²) in [5.74, 6) is 0.896. The summed E-state index contributed by atoms with van der Waals surface area (Å²) in [5.41, 5.74) is 3.15. The number of fused-ring (bicyclic) bond motifs is 3. The summed E-state index contributed by atoms with van der Waals surface area (Å²) in [6.07, 6.45) is 0.519. The first kappa shape index (κ1) is 15.7. The maximum atomic E-state index is 12.3. The Labute approximate surface area is 147 Å². The number of anilines is 1. The number of rotatable bonds is 3. The summed E-state index contributed by atoms with van der Waals surface area (Å²) in [7, 11) is 0. The molecular weight excluding hydrogens is 310 g/mol. The van der Waals surface area contributed by atoms with Crippen LogP contribution in [0.15, 0.2) is 60.7 Å². The van der Waals surface area contributed by atoms with Crippen LogP contribution >= 0.6 is 0 Å². The highest BCUT2D eigenvalue weighted by molar-refractivity contribution is 6.01. The minimum atomic E-state index is -0.00944.